The van der Waals surface area contributed by atoms with Crippen LogP contribution in [0, 0.1) is 128 Å². The first-order valence-corrected chi connectivity index (χ1v) is 16.8. The number of nitrogens with two attached hydrogens (primary N) is 1. The third kappa shape index (κ3) is 7.60. The molecule has 58 heavy (non-hydrogen) atoms. The molecule has 4 aromatic rings. The van der Waals surface area contributed by atoms with E-state index in [1.807, 2.05) is 0 Å². The largest absolute Gasteiger partial charge is 0.341 e. The molecule has 0 amide bonds. The Morgan fingerprint density at radius 3 is 0.552 bits per heavy atom. The van der Waals surface area contributed by atoms with E-state index in [0.29, 0.717) is 0 Å². The van der Waals surface area contributed by atoms with Gasteiger partial charge < -0.3 is 5.32 Å². The first-order chi connectivity index (χ1) is 26.7. The molecule has 4 rings (SSSR count). The van der Waals surface area contributed by atoms with Gasteiger partial charge in [-0.3, -0.25) is 0 Å². The third-order valence-corrected chi connectivity index (χ3v) is 9.86. The van der Waals surface area contributed by atoms with Gasteiger partial charge in [0, 0.05) is 11.8 Å². The lowest BCUT2D eigenvalue weighted by atomic mass is 9.12. The number of halogens is 20. The average molecular weight is 865 g/mol. The Bertz CT molecular complexity index is 1830. The van der Waals surface area contributed by atoms with E-state index in [9.17, 15) is 52.7 Å². The Morgan fingerprint density at radius 1 is 0.293 bits per heavy atom. The molecule has 0 radical (unpaired) electrons. The zero-order chi connectivity index (χ0) is 44.8. The second kappa shape index (κ2) is 17.8. The van der Waals surface area contributed by atoms with Crippen LogP contribution in [0.4, 0.5) is 87.8 Å². The van der Waals surface area contributed by atoms with Crippen LogP contribution in [0.3, 0.4) is 0 Å². The van der Waals surface area contributed by atoms with Crippen molar-refractivity contribution in [2.45, 2.75) is 66.5 Å². The van der Waals surface area contributed by atoms with Crippen LogP contribution in [0.25, 0.3) is 0 Å². The molecule has 0 aliphatic heterocycles. The van der Waals surface area contributed by atoms with Crippen molar-refractivity contribution >= 4 is 28.0 Å². The van der Waals surface area contributed by atoms with Crippen molar-refractivity contribution in [3.8, 4) is 0 Å². The topological polar surface area (TPSA) is 16.6 Å². The molecule has 22 heteroatoms. The fraction of sp³-hybridized carbons (Fsp3) is 0.333. The number of hydrogen-bond acceptors (Lipinski definition) is 0. The van der Waals surface area contributed by atoms with Crippen molar-refractivity contribution in [2.75, 3.05) is 0 Å². The van der Waals surface area contributed by atoms with E-state index in [1.165, 1.54) is 12.8 Å². The summed E-state index contributed by atoms with van der Waals surface area (Å²) in [6.45, 7) is 13.9. The van der Waals surface area contributed by atoms with Crippen molar-refractivity contribution in [2.24, 2.45) is 11.8 Å². The molecule has 0 aliphatic carbocycles. The monoisotopic (exact) mass is 865 g/mol. The molecule has 0 aliphatic rings. The van der Waals surface area contributed by atoms with Crippen LogP contribution >= 0.6 is 0 Å². The lowest BCUT2D eigenvalue weighted by Crippen LogP contribution is -2.96. The van der Waals surface area contributed by atoms with Gasteiger partial charge in [0.15, 0.2) is 69.8 Å². The number of benzene rings is 4. The third-order valence-electron chi connectivity index (χ3n) is 9.86. The predicted molar refractivity (Wildman–Crippen MR) is 169 cm³/mol. The first kappa shape index (κ1) is 47.9. The highest BCUT2D eigenvalue weighted by Gasteiger charge is 2.52. The second-order valence-electron chi connectivity index (χ2n) is 13.6. The van der Waals surface area contributed by atoms with Crippen molar-refractivity contribution in [1.82, 2.24) is 0 Å². The van der Waals surface area contributed by atoms with E-state index in [1.54, 1.807) is 0 Å². The van der Waals surface area contributed by atoms with Gasteiger partial charge in [-0.05, 0) is 12.8 Å². The SMILES string of the molecule is CCC([NH2+]C(CC)C(C)C)C(C)C.Fc1c(F)c(F)c([B-](c2c(F)c(F)c(F)c(F)c2F)(c2c(F)c(F)c(F)c(F)c2F)c2c(F)c(F)c(F)c(F)c2F)c(F)c1F. The minimum absolute atomic E-state index is 0.804. The summed E-state index contributed by atoms with van der Waals surface area (Å²) in [5.74, 6) is -69.8. The summed E-state index contributed by atoms with van der Waals surface area (Å²) in [6.07, 6.45) is -4.63. The summed E-state index contributed by atoms with van der Waals surface area (Å²) < 4.78 is 294. The van der Waals surface area contributed by atoms with Gasteiger partial charge in [0.1, 0.15) is 52.7 Å². The van der Waals surface area contributed by atoms with Crippen molar-refractivity contribution in [1.29, 1.82) is 0 Å². The van der Waals surface area contributed by atoms with Crippen LogP contribution in [0.15, 0.2) is 0 Å². The van der Waals surface area contributed by atoms with E-state index in [0.717, 1.165) is 23.9 Å². The lowest BCUT2D eigenvalue weighted by molar-refractivity contribution is -0.732. The maximum absolute atomic E-state index is 15.4. The Labute approximate surface area is 316 Å². The van der Waals surface area contributed by atoms with Crippen LogP contribution in [0.5, 0.6) is 0 Å². The molecule has 0 saturated heterocycles. The molecule has 2 unspecified atom stereocenters. The van der Waals surface area contributed by atoms with Gasteiger partial charge in [0.2, 0.25) is 0 Å². The second-order valence-corrected chi connectivity index (χ2v) is 13.6. The molecular weight excluding hydrogens is 837 g/mol. The van der Waals surface area contributed by atoms with Crippen molar-refractivity contribution < 1.29 is 93.1 Å². The van der Waals surface area contributed by atoms with Gasteiger partial charge in [0.25, 0.3) is 0 Å². The van der Waals surface area contributed by atoms with Crippen LogP contribution in [-0.4, -0.2) is 18.2 Å². The average Bonchev–Trinajstić information content (AvgIpc) is 3.18. The highest BCUT2D eigenvalue weighted by Crippen LogP contribution is 2.30. The van der Waals surface area contributed by atoms with Crippen LogP contribution in [-0.2, 0) is 0 Å². The minimum atomic E-state index is -7.22. The fourth-order valence-electron chi connectivity index (χ4n) is 6.85. The maximum atomic E-state index is 15.4. The molecule has 1 nitrogen and oxygen atoms in total. The summed E-state index contributed by atoms with van der Waals surface area (Å²) >= 11 is 0. The summed E-state index contributed by atoms with van der Waals surface area (Å²) in [6, 6.07) is 1.62. The van der Waals surface area contributed by atoms with Crippen LogP contribution < -0.4 is 27.2 Å². The van der Waals surface area contributed by atoms with E-state index in [-0.39, 0.29) is 0 Å². The molecule has 0 fully saturated rings. The maximum Gasteiger partial charge on any atom is 0.200 e. The van der Waals surface area contributed by atoms with Gasteiger partial charge in [-0.1, -0.05) is 41.5 Å². The highest BCUT2D eigenvalue weighted by molar-refractivity contribution is 7.20. The molecule has 0 heterocycles. The predicted octanol–water partition coefficient (Wildman–Crippen LogP) is 8.27. The van der Waals surface area contributed by atoms with Crippen LogP contribution in [0.1, 0.15) is 54.4 Å². The van der Waals surface area contributed by atoms with E-state index < -0.39 is 144 Å². The first-order valence-electron chi connectivity index (χ1n) is 16.8. The summed E-state index contributed by atoms with van der Waals surface area (Å²) in [5, 5.41) is 2.59. The molecule has 0 aromatic heterocycles. The highest BCUT2D eigenvalue weighted by atomic mass is 19.2. The summed E-state index contributed by atoms with van der Waals surface area (Å²) in [4.78, 5) is 0. The van der Waals surface area contributed by atoms with Gasteiger partial charge in [-0.25, -0.2) is 87.8 Å². The summed E-state index contributed by atoms with van der Waals surface area (Å²) in [5.41, 5.74) is -14.3. The standard InChI is InChI=1S/C24BF20.C12H27N/c26-5-1(6(27)14(35)21(42)13(5)34)25(2-7(28)15(36)22(43)16(37)8(2)29,3-9(30)17(38)23(44)18(39)10(3)31)4-11(32)19(40)24(45)20(41)12(4)33;1-7-11(9(3)4)13-12(8-2)10(5)6/h;9-13H,7-8H2,1-6H3/q-1;/p+1. The van der Waals surface area contributed by atoms with E-state index in [2.05, 4.69) is 46.9 Å². The molecule has 0 spiro atoms. The zero-order valence-electron chi connectivity index (χ0n) is 30.4. The fourth-order valence-corrected chi connectivity index (χ4v) is 6.85. The Morgan fingerprint density at radius 2 is 0.431 bits per heavy atom. The van der Waals surface area contributed by atoms with Crippen molar-refractivity contribution in [3.05, 3.63) is 116 Å². The molecule has 0 bridgehead atoms. The smallest absolute Gasteiger partial charge is 0.200 e. The number of hydrogen-bond donors (Lipinski definition) is 1. The molecule has 320 valence electrons. The minimum Gasteiger partial charge on any atom is -0.341 e. The van der Waals surface area contributed by atoms with Gasteiger partial charge >= 0.3 is 0 Å². The molecular formula is C36H28BF20N. The normalized spacial score (nSPS) is 13.0. The summed E-state index contributed by atoms with van der Waals surface area (Å²) in [7, 11) is 0. The molecule has 0 saturated carbocycles. The Hall–Kier alpha value is -4.50. The van der Waals surface area contributed by atoms with Gasteiger partial charge in [0.05, 0.1) is 12.1 Å². The van der Waals surface area contributed by atoms with E-state index >= 15 is 35.1 Å². The number of rotatable bonds is 10. The number of quaternary nitrogens is 1. The van der Waals surface area contributed by atoms with Gasteiger partial charge in [-0.15, -0.1) is 21.9 Å². The zero-order valence-corrected chi connectivity index (χ0v) is 30.4. The Balaban J connectivity index is 0.000000594. The Kier molecular flexibility index (Phi) is 14.7. The quantitative estimate of drug-likeness (QED) is 0.0717. The molecule has 2 N–H and O–H groups in total. The van der Waals surface area contributed by atoms with E-state index in [4.69, 9.17) is 0 Å². The van der Waals surface area contributed by atoms with Gasteiger partial charge in [-0.2, -0.15) is 0 Å². The van der Waals surface area contributed by atoms with Crippen molar-refractivity contribution in [3.63, 3.8) is 0 Å². The van der Waals surface area contributed by atoms with Crippen LogP contribution in [0.2, 0.25) is 0 Å². The molecule has 2 atom stereocenters. The molecule has 4 aromatic carbocycles. The lowest BCUT2D eigenvalue weighted by Gasteiger charge is -2.44.